The van der Waals surface area contributed by atoms with Crippen LogP contribution in [0.15, 0.2) is 54.2 Å². The molecule has 0 aromatic heterocycles. The second-order valence-corrected chi connectivity index (χ2v) is 6.89. The molecule has 1 saturated heterocycles. The van der Waals surface area contributed by atoms with Gasteiger partial charge in [-0.1, -0.05) is 36.4 Å². The molecule has 1 fully saturated rings. The summed E-state index contributed by atoms with van der Waals surface area (Å²) in [6, 6.07) is 15.2. The number of carbonyl (C=O) groups is 2. The van der Waals surface area contributed by atoms with Gasteiger partial charge in [0.05, 0.1) is 14.2 Å². The Hall–Kier alpha value is -3.39. The number of benzene rings is 2. The molecule has 2 aromatic rings. The molecule has 0 unspecified atom stereocenters. The van der Waals surface area contributed by atoms with Gasteiger partial charge in [-0.15, -0.1) is 0 Å². The van der Waals surface area contributed by atoms with Crippen LogP contribution in [0.2, 0.25) is 0 Å². The minimum absolute atomic E-state index is 0.231. The van der Waals surface area contributed by atoms with Gasteiger partial charge in [-0.2, -0.15) is 0 Å². The zero-order valence-electron chi connectivity index (χ0n) is 17.0. The number of thiocarbonyl (C=S) groups is 1. The lowest BCUT2D eigenvalue weighted by Gasteiger charge is -2.14. The largest absolute Gasteiger partial charge is 0.493 e. The van der Waals surface area contributed by atoms with E-state index in [0.717, 1.165) is 11.1 Å². The Morgan fingerprint density at radius 1 is 1.10 bits per heavy atom. The van der Waals surface area contributed by atoms with Gasteiger partial charge < -0.3 is 19.1 Å². The lowest BCUT2D eigenvalue weighted by Crippen LogP contribution is -2.36. The smallest absolute Gasteiger partial charge is 0.325 e. The number of carbonyl (C=O) groups excluding carboxylic acids is 2. The maximum atomic E-state index is 12.7. The van der Waals surface area contributed by atoms with Crippen molar-refractivity contribution in [3.8, 4) is 11.5 Å². The normalized spacial score (nSPS) is 15.0. The topological polar surface area (TPSA) is 68.3 Å². The zero-order valence-corrected chi connectivity index (χ0v) is 17.8. The Bertz CT molecular complexity index is 990. The molecule has 156 valence electrons. The standard InChI is InChI=1S/C22H22N2O5S/c1-23-17(21(26)24(22(23)30)13-20(25)28-3)11-16-9-10-18(19(12-16)27-2)29-14-15-7-5-4-6-8-15/h4-12H,13-14H2,1-3H3/b17-11-. The monoisotopic (exact) mass is 426 g/mol. The fourth-order valence-electron chi connectivity index (χ4n) is 2.93. The predicted octanol–water partition coefficient (Wildman–Crippen LogP) is 2.85. The highest BCUT2D eigenvalue weighted by molar-refractivity contribution is 7.80. The van der Waals surface area contributed by atoms with Crippen molar-refractivity contribution in [2.24, 2.45) is 0 Å². The molecular formula is C22H22N2O5S. The number of likely N-dealkylation sites (N-methyl/N-ethyl adjacent to an activating group) is 1. The maximum absolute atomic E-state index is 12.7. The van der Waals surface area contributed by atoms with Crippen molar-refractivity contribution in [1.82, 2.24) is 9.80 Å². The van der Waals surface area contributed by atoms with Crippen LogP contribution in [-0.2, 0) is 20.9 Å². The molecule has 2 aromatic carbocycles. The van der Waals surface area contributed by atoms with Gasteiger partial charge in [-0.3, -0.25) is 14.5 Å². The summed E-state index contributed by atoms with van der Waals surface area (Å²) >= 11 is 5.29. The van der Waals surface area contributed by atoms with Crippen LogP contribution in [0.25, 0.3) is 6.08 Å². The summed E-state index contributed by atoms with van der Waals surface area (Å²) in [4.78, 5) is 27.1. The highest BCUT2D eigenvalue weighted by Gasteiger charge is 2.37. The number of rotatable bonds is 7. The van der Waals surface area contributed by atoms with Gasteiger partial charge in [-0.05, 0) is 41.6 Å². The molecule has 1 aliphatic rings. The van der Waals surface area contributed by atoms with Crippen molar-refractivity contribution in [1.29, 1.82) is 0 Å². The van der Waals surface area contributed by atoms with E-state index in [4.69, 9.17) is 21.7 Å². The van der Waals surface area contributed by atoms with Gasteiger partial charge in [0.15, 0.2) is 16.6 Å². The molecule has 3 rings (SSSR count). The van der Waals surface area contributed by atoms with E-state index in [0.29, 0.717) is 23.8 Å². The number of nitrogens with zero attached hydrogens (tertiary/aromatic N) is 2. The van der Waals surface area contributed by atoms with E-state index >= 15 is 0 Å². The summed E-state index contributed by atoms with van der Waals surface area (Å²) in [5.41, 5.74) is 2.13. The van der Waals surface area contributed by atoms with E-state index in [-0.39, 0.29) is 17.6 Å². The van der Waals surface area contributed by atoms with Gasteiger partial charge >= 0.3 is 5.97 Å². The van der Waals surface area contributed by atoms with Crippen molar-refractivity contribution in [3.05, 3.63) is 65.4 Å². The Balaban J connectivity index is 1.80. The molecule has 0 aliphatic carbocycles. The Morgan fingerprint density at radius 3 is 2.50 bits per heavy atom. The molecule has 0 saturated carbocycles. The lowest BCUT2D eigenvalue weighted by molar-refractivity contribution is -0.143. The van der Waals surface area contributed by atoms with Crippen molar-refractivity contribution in [2.75, 3.05) is 27.8 Å². The van der Waals surface area contributed by atoms with E-state index in [1.165, 1.54) is 12.0 Å². The van der Waals surface area contributed by atoms with Crippen LogP contribution in [0, 0.1) is 0 Å². The first-order valence-electron chi connectivity index (χ1n) is 9.17. The molecule has 0 bridgehead atoms. The number of amides is 1. The fraction of sp³-hybridized carbons (Fsp3) is 0.227. The Morgan fingerprint density at radius 2 is 1.83 bits per heavy atom. The van der Waals surface area contributed by atoms with E-state index < -0.39 is 5.97 Å². The third-order valence-electron chi connectivity index (χ3n) is 4.59. The van der Waals surface area contributed by atoms with Crippen LogP contribution >= 0.6 is 12.2 Å². The molecular weight excluding hydrogens is 404 g/mol. The highest BCUT2D eigenvalue weighted by Crippen LogP contribution is 2.31. The summed E-state index contributed by atoms with van der Waals surface area (Å²) in [6.45, 7) is 0.182. The molecule has 0 spiro atoms. The molecule has 0 radical (unpaired) electrons. The van der Waals surface area contributed by atoms with Crippen LogP contribution in [0.5, 0.6) is 11.5 Å². The second kappa shape index (κ2) is 9.41. The zero-order chi connectivity index (χ0) is 21.7. The first-order valence-corrected chi connectivity index (χ1v) is 9.58. The van der Waals surface area contributed by atoms with Crippen LogP contribution < -0.4 is 9.47 Å². The molecule has 1 heterocycles. The van der Waals surface area contributed by atoms with Gasteiger partial charge in [0, 0.05) is 7.05 Å². The average Bonchev–Trinajstić information content (AvgIpc) is 2.96. The van der Waals surface area contributed by atoms with Gasteiger partial charge in [-0.25, -0.2) is 0 Å². The maximum Gasteiger partial charge on any atom is 0.325 e. The minimum atomic E-state index is -0.540. The fourth-order valence-corrected chi connectivity index (χ4v) is 3.18. The Labute approximate surface area is 180 Å². The quantitative estimate of drug-likeness (QED) is 0.383. The molecule has 0 atom stereocenters. The Kier molecular flexibility index (Phi) is 6.68. The van der Waals surface area contributed by atoms with Crippen molar-refractivity contribution < 1.29 is 23.8 Å². The van der Waals surface area contributed by atoms with Gasteiger partial charge in [0.2, 0.25) is 0 Å². The highest BCUT2D eigenvalue weighted by atomic mass is 32.1. The van der Waals surface area contributed by atoms with Crippen molar-refractivity contribution in [2.45, 2.75) is 6.61 Å². The van der Waals surface area contributed by atoms with Crippen LogP contribution in [0.3, 0.4) is 0 Å². The summed E-state index contributed by atoms with van der Waals surface area (Å²) in [5.74, 6) is 0.234. The first kappa shape index (κ1) is 21.3. The number of ether oxygens (including phenoxy) is 3. The average molecular weight is 426 g/mol. The van der Waals surface area contributed by atoms with Crippen LogP contribution in [-0.4, -0.2) is 54.6 Å². The molecule has 1 aliphatic heterocycles. The van der Waals surface area contributed by atoms with Crippen molar-refractivity contribution >= 4 is 35.3 Å². The van der Waals surface area contributed by atoms with E-state index in [9.17, 15) is 9.59 Å². The van der Waals surface area contributed by atoms with E-state index in [1.807, 2.05) is 36.4 Å². The van der Waals surface area contributed by atoms with Crippen molar-refractivity contribution in [3.63, 3.8) is 0 Å². The van der Waals surface area contributed by atoms with E-state index in [2.05, 4.69) is 4.74 Å². The summed E-state index contributed by atoms with van der Waals surface area (Å²) in [6.07, 6.45) is 1.69. The molecule has 8 heteroatoms. The molecule has 0 N–H and O–H groups in total. The summed E-state index contributed by atoms with van der Waals surface area (Å²) in [5, 5.41) is 0.242. The number of methoxy groups -OCH3 is 2. The first-order chi connectivity index (χ1) is 14.4. The molecule has 1 amide bonds. The number of hydrogen-bond donors (Lipinski definition) is 0. The summed E-state index contributed by atoms with van der Waals surface area (Å²) in [7, 11) is 4.50. The van der Waals surface area contributed by atoms with Gasteiger partial charge in [0.1, 0.15) is 18.8 Å². The molecule has 7 nitrogen and oxygen atoms in total. The summed E-state index contributed by atoms with van der Waals surface area (Å²) < 4.78 is 16.0. The number of esters is 1. The minimum Gasteiger partial charge on any atom is -0.493 e. The molecule has 30 heavy (non-hydrogen) atoms. The van der Waals surface area contributed by atoms with Crippen LogP contribution in [0.1, 0.15) is 11.1 Å². The lowest BCUT2D eigenvalue weighted by atomic mass is 10.1. The SMILES string of the molecule is COC(=O)CN1C(=O)/C(=C/c2ccc(OCc3ccccc3)c(OC)c2)N(C)C1=S. The van der Waals surface area contributed by atoms with Crippen LogP contribution in [0.4, 0.5) is 0 Å². The number of hydrogen-bond acceptors (Lipinski definition) is 6. The third kappa shape index (κ3) is 4.60. The predicted molar refractivity (Wildman–Crippen MR) is 116 cm³/mol. The van der Waals surface area contributed by atoms with Gasteiger partial charge in [0.25, 0.3) is 5.91 Å². The third-order valence-corrected chi connectivity index (χ3v) is 5.08. The van der Waals surface area contributed by atoms with E-state index in [1.54, 1.807) is 37.3 Å². The second-order valence-electron chi connectivity index (χ2n) is 6.52.